The highest BCUT2D eigenvalue weighted by Crippen LogP contribution is 2.31. The van der Waals surface area contributed by atoms with Gasteiger partial charge in [-0.05, 0) is 25.5 Å². The van der Waals surface area contributed by atoms with Crippen LogP contribution in [0.5, 0.6) is 5.75 Å². The van der Waals surface area contributed by atoms with Crippen LogP contribution in [-0.2, 0) is 6.54 Å². The van der Waals surface area contributed by atoms with E-state index in [1.807, 2.05) is 6.92 Å². The maximum absolute atomic E-state index is 14.2. The van der Waals surface area contributed by atoms with Gasteiger partial charge in [0.25, 0.3) is 0 Å². The molecule has 1 unspecified atom stereocenters. The number of hydrogen-bond acceptors (Lipinski definition) is 3. The second kappa shape index (κ2) is 5.58. The van der Waals surface area contributed by atoms with Gasteiger partial charge in [-0.15, -0.1) is 0 Å². The highest BCUT2D eigenvalue weighted by atomic mass is 19.1. The van der Waals surface area contributed by atoms with Gasteiger partial charge in [-0.3, -0.25) is 4.68 Å². The maximum Gasteiger partial charge on any atom is 0.161 e. The van der Waals surface area contributed by atoms with E-state index in [1.54, 1.807) is 11.6 Å². The molecule has 2 N–H and O–H groups in total. The van der Waals surface area contributed by atoms with E-state index in [4.69, 9.17) is 10.5 Å². The van der Waals surface area contributed by atoms with Crippen molar-refractivity contribution in [2.45, 2.75) is 26.4 Å². The van der Waals surface area contributed by atoms with E-state index in [0.29, 0.717) is 23.6 Å². The number of methoxy groups -OCH3 is 1. The summed E-state index contributed by atoms with van der Waals surface area (Å²) >= 11 is 0. The molecule has 0 fully saturated rings. The van der Waals surface area contributed by atoms with Crippen LogP contribution in [0.25, 0.3) is 0 Å². The molecule has 0 saturated heterocycles. The predicted molar refractivity (Wildman–Crippen MR) is 71.6 cm³/mol. The van der Waals surface area contributed by atoms with Gasteiger partial charge in [0.1, 0.15) is 17.3 Å². The average Bonchev–Trinajstić information content (AvgIpc) is 2.86. The average molecular weight is 281 g/mol. The van der Waals surface area contributed by atoms with Gasteiger partial charge in [0, 0.05) is 12.1 Å². The van der Waals surface area contributed by atoms with Crippen molar-refractivity contribution in [1.29, 1.82) is 0 Å². The smallest absolute Gasteiger partial charge is 0.161 e. The fraction of sp³-hybridized carbons (Fsp3) is 0.357. The molecule has 20 heavy (non-hydrogen) atoms. The lowest BCUT2D eigenvalue weighted by molar-refractivity contribution is 0.402. The van der Waals surface area contributed by atoms with E-state index >= 15 is 0 Å². The summed E-state index contributed by atoms with van der Waals surface area (Å²) in [6.45, 7) is 3.96. The van der Waals surface area contributed by atoms with Crippen LogP contribution < -0.4 is 10.5 Å². The first-order chi connectivity index (χ1) is 9.51. The number of ether oxygens (including phenoxy) is 1. The van der Waals surface area contributed by atoms with Crippen LogP contribution in [0.3, 0.4) is 0 Å². The molecule has 2 aromatic rings. The van der Waals surface area contributed by atoms with Gasteiger partial charge in [-0.2, -0.15) is 5.10 Å². The van der Waals surface area contributed by atoms with E-state index in [-0.39, 0.29) is 5.56 Å². The zero-order valence-corrected chi connectivity index (χ0v) is 11.7. The third-order valence-electron chi connectivity index (χ3n) is 3.29. The third kappa shape index (κ3) is 2.27. The van der Waals surface area contributed by atoms with Gasteiger partial charge >= 0.3 is 0 Å². The Bertz CT molecular complexity index is 604. The van der Waals surface area contributed by atoms with Crippen molar-refractivity contribution in [3.63, 3.8) is 0 Å². The summed E-state index contributed by atoms with van der Waals surface area (Å²) in [6.07, 6.45) is 1.49. The minimum atomic E-state index is -0.979. The van der Waals surface area contributed by atoms with Gasteiger partial charge in [-0.25, -0.2) is 8.78 Å². The number of aromatic nitrogens is 2. The Morgan fingerprint density at radius 1 is 1.40 bits per heavy atom. The van der Waals surface area contributed by atoms with Gasteiger partial charge in [0.15, 0.2) is 5.75 Å². The summed E-state index contributed by atoms with van der Waals surface area (Å²) in [6, 6.07) is 1.62. The van der Waals surface area contributed by atoms with Gasteiger partial charge in [-0.1, -0.05) is 6.07 Å². The van der Waals surface area contributed by atoms with Crippen molar-refractivity contribution >= 4 is 0 Å². The Hall–Kier alpha value is -1.95. The van der Waals surface area contributed by atoms with E-state index < -0.39 is 17.7 Å². The second-order valence-electron chi connectivity index (χ2n) is 4.48. The van der Waals surface area contributed by atoms with Crippen molar-refractivity contribution in [3.8, 4) is 5.75 Å². The first kappa shape index (κ1) is 14.5. The molecule has 6 heteroatoms. The fourth-order valence-corrected chi connectivity index (χ4v) is 2.20. The van der Waals surface area contributed by atoms with Crippen LogP contribution in [0.4, 0.5) is 8.78 Å². The summed E-state index contributed by atoms with van der Waals surface area (Å²) in [5.74, 6) is -0.894. The van der Waals surface area contributed by atoms with Crippen molar-refractivity contribution in [2.75, 3.05) is 7.11 Å². The van der Waals surface area contributed by atoms with Crippen LogP contribution >= 0.6 is 0 Å². The second-order valence-corrected chi connectivity index (χ2v) is 4.48. The molecule has 108 valence electrons. The number of aryl methyl sites for hydroxylation is 2. The van der Waals surface area contributed by atoms with Crippen molar-refractivity contribution in [1.82, 2.24) is 9.78 Å². The molecule has 0 radical (unpaired) electrons. The van der Waals surface area contributed by atoms with Gasteiger partial charge in [0.05, 0.1) is 19.3 Å². The number of nitrogens with zero attached hydrogens (tertiary/aromatic N) is 2. The molecule has 2 rings (SSSR count). The molecule has 0 spiro atoms. The Morgan fingerprint density at radius 3 is 2.70 bits per heavy atom. The van der Waals surface area contributed by atoms with Gasteiger partial charge in [0.2, 0.25) is 0 Å². The Balaban J connectivity index is 2.60. The number of benzene rings is 1. The third-order valence-corrected chi connectivity index (χ3v) is 3.29. The zero-order chi connectivity index (χ0) is 14.9. The minimum absolute atomic E-state index is 0.168. The topological polar surface area (TPSA) is 53.1 Å². The minimum Gasteiger partial charge on any atom is -0.493 e. The lowest BCUT2D eigenvalue weighted by Crippen LogP contribution is -2.21. The van der Waals surface area contributed by atoms with Crippen molar-refractivity contribution in [3.05, 3.63) is 46.8 Å². The molecule has 0 aliphatic heterocycles. The molecule has 0 amide bonds. The van der Waals surface area contributed by atoms with Crippen LogP contribution in [0.2, 0.25) is 0 Å². The zero-order valence-electron chi connectivity index (χ0n) is 11.7. The molecule has 0 bridgehead atoms. The number of hydrogen-bond donors (Lipinski definition) is 1. The molecule has 1 aromatic heterocycles. The molecule has 1 heterocycles. The molecule has 0 aliphatic rings. The summed E-state index contributed by atoms with van der Waals surface area (Å²) in [5, 5.41) is 4.10. The molecule has 1 aromatic carbocycles. The van der Waals surface area contributed by atoms with E-state index in [9.17, 15) is 8.78 Å². The monoisotopic (exact) mass is 281 g/mol. The van der Waals surface area contributed by atoms with E-state index in [0.717, 1.165) is 0 Å². The first-order valence-electron chi connectivity index (χ1n) is 6.31. The molecule has 1 atom stereocenters. The first-order valence-corrected chi connectivity index (χ1v) is 6.31. The molecular weight excluding hydrogens is 264 g/mol. The van der Waals surface area contributed by atoms with Crippen molar-refractivity contribution in [2.24, 2.45) is 5.73 Å². The standard InChI is InChI=1S/C14H17F2N3O/c1-4-19-14(10(20-3)7-18-19)13(17)11-9(15)6-5-8(2)12(11)16/h5-7,13H,4,17H2,1-3H3. The Kier molecular flexibility index (Phi) is 4.04. The number of rotatable bonds is 4. The predicted octanol–water partition coefficient (Wildman–Crippen LogP) is 2.55. The van der Waals surface area contributed by atoms with Crippen LogP contribution in [-0.4, -0.2) is 16.9 Å². The molecule has 0 aliphatic carbocycles. The summed E-state index contributed by atoms with van der Waals surface area (Å²) < 4.78 is 34.9. The Morgan fingerprint density at radius 2 is 2.10 bits per heavy atom. The largest absolute Gasteiger partial charge is 0.493 e. The van der Waals surface area contributed by atoms with Crippen molar-refractivity contribution < 1.29 is 13.5 Å². The summed E-state index contributed by atoms with van der Waals surface area (Å²) in [4.78, 5) is 0. The highest BCUT2D eigenvalue weighted by molar-refractivity contribution is 5.39. The highest BCUT2D eigenvalue weighted by Gasteiger charge is 2.26. The maximum atomic E-state index is 14.2. The quantitative estimate of drug-likeness (QED) is 0.937. The van der Waals surface area contributed by atoms with Crippen LogP contribution in [0.1, 0.15) is 29.8 Å². The fourth-order valence-electron chi connectivity index (χ4n) is 2.20. The summed E-state index contributed by atoms with van der Waals surface area (Å²) in [7, 11) is 1.47. The van der Waals surface area contributed by atoms with Crippen LogP contribution in [0.15, 0.2) is 18.3 Å². The SMILES string of the molecule is CCn1ncc(OC)c1C(N)c1c(F)ccc(C)c1F. The van der Waals surface area contributed by atoms with Gasteiger partial charge < -0.3 is 10.5 Å². The number of halogens is 2. The van der Waals surface area contributed by atoms with E-state index in [1.165, 1.54) is 25.4 Å². The molecule has 4 nitrogen and oxygen atoms in total. The normalized spacial score (nSPS) is 12.5. The van der Waals surface area contributed by atoms with Crippen LogP contribution in [0, 0.1) is 18.6 Å². The number of nitrogens with two attached hydrogens (primary N) is 1. The Labute approximate surface area is 116 Å². The lowest BCUT2D eigenvalue weighted by atomic mass is 10.00. The molecule has 0 saturated carbocycles. The summed E-state index contributed by atoms with van der Waals surface area (Å²) in [5.41, 5.74) is 6.70. The van der Waals surface area contributed by atoms with E-state index in [2.05, 4.69) is 5.10 Å². The molecular formula is C14H17F2N3O. The lowest BCUT2D eigenvalue weighted by Gasteiger charge is -2.17.